The summed E-state index contributed by atoms with van der Waals surface area (Å²) < 4.78 is 41.3. The van der Waals surface area contributed by atoms with Crippen molar-refractivity contribution in [1.29, 1.82) is 0 Å². The minimum atomic E-state index is -4.45. The van der Waals surface area contributed by atoms with Crippen LogP contribution in [-0.4, -0.2) is 41.2 Å². The van der Waals surface area contributed by atoms with Crippen molar-refractivity contribution >= 4 is 17.7 Å². The number of carbonyl (C=O) groups excluding carboxylic acids is 3. The van der Waals surface area contributed by atoms with Crippen molar-refractivity contribution in [2.75, 3.05) is 25.0 Å². The van der Waals surface area contributed by atoms with Crippen LogP contribution in [-0.2, 0) is 21.2 Å². The molecule has 1 amide bonds. The van der Waals surface area contributed by atoms with E-state index in [0.717, 1.165) is 56.0 Å². The molecule has 3 rings (SSSR count). The largest absolute Gasteiger partial charge is 0.416 e. The van der Waals surface area contributed by atoms with Gasteiger partial charge >= 0.3 is 12.3 Å². The molecule has 0 atom stereocenters. The van der Waals surface area contributed by atoms with Crippen LogP contribution in [0.3, 0.4) is 0 Å². The fourth-order valence-electron chi connectivity index (χ4n) is 4.36. The van der Waals surface area contributed by atoms with Gasteiger partial charge in [-0.1, -0.05) is 33.8 Å². The van der Waals surface area contributed by atoms with Gasteiger partial charge in [0.2, 0.25) is 0 Å². The molecule has 0 saturated carbocycles. The highest BCUT2D eigenvalue weighted by Crippen LogP contribution is 2.35. The Balaban J connectivity index is 0.00000129. The van der Waals surface area contributed by atoms with E-state index in [1.807, 2.05) is 13.0 Å². The molecule has 0 radical (unpaired) electrons. The summed E-state index contributed by atoms with van der Waals surface area (Å²) in [6.45, 7) is 13.5. The minimum absolute atomic E-state index is 0.139. The van der Waals surface area contributed by atoms with Crippen LogP contribution in [0.15, 0.2) is 30.3 Å². The Labute approximate surface area is 198 Å². The van der Waals surface area contributed by atoms with E-state index in [1.54, 1.807) is 0 Å². The number of amides is 1. The first-order valence-corrected chi connectivity index (χ1v) is 11.3. The number of carbonyl (C=O) groups is 1. The predicted octanol–water partition coefficient (Wildman–Crippen LogP) is 5.44. The van der Waals surface area contributed by atoms with Crippen molar-refractivity contribution in [3.63, 3.8) is 0 Å². The monoisotopic (exact) mass is 479 g/mol. The number of aromatic nitrogens is 1. The van der Waals surface area contributed by atoms with E-state index in [1.165, 1.54) is 12.1 Å². The number of piperidine rings is 1. The average Bonchev–Trinajstić information content (AvgIpc) is 3.12. The van der Waals surface area contributed by atoms with E-state index >= 15 is 0 Å². The Morgan fingerprint density at radius 2 is 1.71 bits per heavy atom. The Morgan fingerprint density at radius 1 is 1.12 bits per heavy atom. The summed E-state index contributed by atoms with van der Waals surface area (Å²) in [5, 5.41) is 2.66. The summed E-state index contributed by atoms with van der Waals surface area (Å²) in [7, 11) is 0. The summed E-state index contributed by atoms with van der Waals surface area (Å²) in [5.74, 6) is -0.382. The second-order valence-corrected chi connectivity index (χ2v) is 9.43. The standard InChI is InChI=1S/C24H32F3N3O.CO2/c1-6-29-12-10-19(11-13-29)30-16(2)20(15-21(30)23(3,4)5)22(31)28-18-9-7-8-17(14-18)24(25,26)27;2-1-3/h7-9,14-15,19H,6,10-13H2,1-5H3,(H,28,31);. The van der Waals surface area contributed by atoms with Gasteiger partial charge in [-0.15, -0.1) is 0 Å². The number of anilines is 1. The molecular formula is C25H32F3N3O3. The third-order valence-corrected chi connectivity index (χ3v) is 6.12. The molecule has 9 heteroatoms. The van der Waals surface area contributed by atoms with Crippen LogP contribution in [0.5, 0.6) is 0 Å². The third-order valence-electron chi connectivity index (χ3n) is 6.12. The molecule has 1 aliphatic heterocycles. The zero-order chi connectivity index (χ0) is 25.7. The number of alkyl halides is 3. The second kappa shape index (κ2) is 11.0. The number of halogens is 3. The van der Waals surface area contributed by atoms with Crippen LogP contribution in [0.1, 0.15) is 73.9 Å². The van der Waals surface area contributed by atoms with E-state index in [2.05, 4.69) is 42.5 Å². The number of likely N-dealkylation sites (tertiary alicyclic amines) is 1. The van der Waals surface area contributed by atoms with Gasteiger partial charge in [-0.2, -0.15) is 22.8 Å². The second-order valence-electron chi connectivity index (χ2n) is 9.43. The summed E-state index contributed by atoms with van der Waals surface area (Å²) in [5.41, 5.74) is 1.65. The third kappa shape index (κ3) is 6.58. The van der Waals surface area contributed by atoms with Crippen molar-refractivity contribution in [2.24, 2.45) is 0 Å². The quantitative estimate of drug-likeness (QED) is 0.634. The maximum absolute atomic E-state index is 13.1. The molecule has 1 aliphatic rings. The Kier molecular flexibility index (Phi) is 8.86. The highest BCUT2D eigenvalue weighted by atomic mass is 19.4. The number of benzene rings is 1. The molecule has 1 aromatic heterocycles. The molecule has 34 heavy (non-hydrogen) atoms. The molecule has 1 aromatic carbocycles. The number of nitrogens with zero attached hydrogens (tertiary/aromatic N) is 2. The summed E-state index contributed by atoms with van der Waals surface area (Å²) in [4.78, 5) is 31.7. The maximum Gasteiger partial charge on any atom is 0.416 e. The lowest BCUT2D eigenvalue weighted by molar-refractivity contribution is -0.191. The summed E-state index contributed by atoms with van der Waals surface area (Å²) >= 11 is 0. The molecule has 0 bridgehead atoms. The Morgan fingerprint density at radius 3 is 2.21 bits per heavy atom. The first-order chi connectivity index (χ1) is 15.8. The molecule has 1 saturated heterocycles. The van der Waals surface area contributed by atoms with Gasteiger partial charge < -0.3 is 14.8 Å². The SMILES string of the molecule is CCN1CCC(n2c(C(C)(C)C)cc(C(=O)Nc3cccc(C(F)(F)F)c3)c2C)CC1.O=C=O. The maximum atomic E-state index is 13.1. The Hall–Kier alpha value is -2.90. The van der Waals surface area contributed by atoms with Gasteiger partial charge in [-0.3, -0.25) is 4.79 Å². The van der Waals surface area contributed by atoms with E-state index < -0.39 is 11.7 Å². The van der Waals surface area contributed by atoms with Crippen molar-refractivity contribution < 1.29 is 27.6 Å². The molecule has 1 fully saturated rings. The zero-order valence-corrected chi connectivity index (χ0v) is 20.3. The van der Waals surface area contributed by atoms with E-state index in [0.29, 0.717) is 11.6 Å². The van der Waals surface area contributed by atoms with Crippen molar-refractivity contribution in [1.82, 2.24) is 9.47 Å². The molecule has 0 unspecified atom stereocenters. The normalized spacial score (nSPS) is 15.3. The van der Waals surface area contributed by atoms with Gasteiger partial charge in [0.15, 0.2) is 0 Å². The van der Waals surface area contributed by atoms with Gasteiger partial charge in [0.05, 0.1) is 11.1 Å². The first kappa shape index (κ1) is 27.3. The number of hydrogen-bond acceptors (Lipinski definition) is 4. The Bertz CT molecular complexity index is 1020. The van der Waals surface area contributed by atoms with E-state index in [-0.39, 0.29) is 23.2 Å². The van der Waals surface area contributed by atoms with Crippen LogP contribution in [0.2, 0.25) is 0 Å². The van der Waals surface area contributed by atoms with Crippen LogP contribution in [0.25, 0.3) is 0 Å². The molecule has 186 valence electrons. The smallest absolute Gasteiger partial charge is 0.344 e. The van der Waals surface area contributed by atoms with Gasteiger partial charge in [0, 0.05) is 41.6 Å². The average molecular weight is 480 g/mol. The van der Waals surface area contributed by atoms with E-state index in [9.17, 15) is 18.0 Å². The molecule has 1 N–H and O–H groups in total. The van der Waals surface area contributed by atoms with Gasteiger partial charge in [-0.05, 0) is 50.6 Å². The van der Waals surface area contributed by atoms with Crippen molar-refractivity contribution in [2.45, 2.75) is 65.1 Å². The molecule has 0 aliphatic carbocycles. The lowest BCUT2D eigenvalue weighted by Gasteiger charge is -2.35. The van der Waals surface area contributed by atoms with Crippen LogP contribution in [0, 0.1) is 6.92 Å². The molecule has 0 spiro atoms. The molecule has 6 nitrogen and oxygen atoms in total. The zero-order valence-electron chi connectivity index (χ0n) is 20.3. The topological polar surface area (TPSA) is 71.4 Å². The predicted molar refractivity (Wildman–Crippen MR) is 123 cm³/mol. The van der Waals surface area contributed by atoms with Gasteiger partial charge in [0.1, 0.15) is 0 Å². The summed E-state index contributed by atoms with van der Waals surface area (Å²) in [6.07, 6.45) is -2.17. The number of nitrogens with one attached hydrogen (secondary N) is 1. The summed E-state index contributed by atoms with van der Waals surface area (Å²) in [6, 6.07) is 6.97. The lowest BCUT2D eigenvalue weighted by Crippen LogP contribution is -2.36. The van der Waals surface area contributed by atoms with Crippen molar-refractivity contribution in [3.05, 3.63) is 52.8 Å². The number of hydrogen-bond donors (Lipinski definition) is 1. The molecule has 2 aromatic rings. The first-order valence-electron chi connectivity index (χ1n) is 11.3. The number of rotatable bonds is 4. The van der Waals surface area contributed by atoms with Crippen LogP contribution >= 0.6 is 0 Å². The van der Waals surface area contributed by atoms with Crippen molar-refractivity contribution in [3.8, 4) is 0 Å². The molecular weight excluding hydrogens is 447 g/mol. The highest BCUT2D eigenvalue weighted by molar-refractivity contribution is 6.05. The highest BCUT2D eigenvalue weighted by Gasteiger charge is 2.32. The fraction of sp³-hybridized carbons (Fsp3) is 0.520. The van der Waals surface area contributed by atoms with E-state index in [4.69, 9.17) is 9.59 Å². The lowest BCUT2D eigenvalue weighted by atomic mass is 9.91. The minimum Gasteiger partial charge on any atom is -0.344 e. The molecule has 2 heterocycles. The van der Waals surface area contributed by atoms with Crippen LogP contribution < -0.4 is 5.32 Å². The van der Waals surface area contributed by atoms with Crippen LogP contribution in [0.4, 0.5) is 18.9 Å². The van der Waals surface area contributed by atoms with Gasteiger partial charge in [0.25, 0.3) is 5.91 Å². The van der Waals surface area contributed by atoms with Gasteiger partial charge in [-0.25, -0.2) is 0 Å². The fourth-order valence-corrected chi connectivity index (χ4v) is 4.36.